The van der Waals surface area contributed by atoms with Gasteiger partial charge in [0.2, 0.25) is 0 Å². The van der Waals surface area contributed by atoms with Gasteiger partial charge in [0.05, 0.1) is 6.10 Å². The molecule has 0 amide bonds. The van der Waals surface area contributed by atoms with Crippen molar-refractivity contribution in [3.63, 3.8) is 0 Å². The van der Waals surface area contributed by atoms with Crippen LogP contribution in [0, 0.1) is 5.92 Å². The highest BCUT2D eigenvalue weighted by Gasteiger charge is 2.29. The smallest absolute Gasteiger partial charge is 0.0580 e. The molecule has 12 heavy (non-hydrogen) atoms. The molecule has 2 heteroatoms. The summed E-state index contributed by atoms with van der Waals surface area (Å²) in [5.41, 5.74) is 0. The summed E-state index contributed by atoms with van der Waals surface area (Å²) in [7, 11) is 0. The molecular weight excluding hydrogens is 150 g/mol. The Bertz CT molecular complexity index is 117. The minimum absolute atomic E-state index is 0.0226. The van der Waals surface area contributed by atoms with Crippen LogP contribution in [0.3, 0.4) is 0 Å². The summed E-state index contributed by atoms with van der Waals surface area (Å²) in [4.78, 5) is 2.37. The minimum atomic E-state index is -0.0226. The van der Waals surface area contributed by atoms with Crippen molar-refractivity contribution in [3.05, 3.63) is 0 Å². The molecule has 1 unspecified atom stereocenters. The van der Waals surface area contributed by atoms with E-state index in [4.69, 9.17) is 0 Å². The van der Waals surface area contributed by atoms with E-state index in [9.17, 15) is 5.11 Å². The molecule has 0 bridgehead atoms. The predicted octanol–water partition coefficient (Wildman–Crippen LogP) is 1.49. The van der Waals surface area contributed by atoms with Gasteiger partial charge >= 0.3 is 0 Å². The second kappa shape index (κ2) is 4.83. The zero-order valence-corrected chi connectivity index (χ0v) is 8.29. The Balaban J connectivity index is 2.05. The molecule has 72 valence electrons. The molecule has 0 saturated heterocycles. The maximum absolute atomic E-state index is 9.60. The van der Waals surface area contributed by atoms with Crippen LogP contribution in [0.25, 0.3) is 0 Å². The van der Waals surface area contributed by atoms with Gasteiger partial charge in [0.25, 0.3) is 0 Å². The van der Waals surface area contributed by atoms with Crippen LogP contribution in [0.15, 0.2) is 0 Å². The van der Waals surface area contributed by atoms with Crippen LogP contribution in [0.1, 0.15) is 33.1 Å². The Hall–Kier alpha value is -0.0800. The van der Waals surface area contributed by atoms with Gasteiger partial charge in [0.1, 0.15) is 0 Å². The van der Waals surface area contributed by atoms with Crippen molar-refractivity contribution in [2.45, 2.75) is 39.2 Å². The Kier molecular flexibility index (Phi) is 4.02. The number of aliphatic hydroxyl groups excluding tert-OH is 1. The third-order valence-electron chi connectivity index (χ3n) is 2.80. The molecule has 1 aliphatic carbocycles. The standard InChI is InChI=1S/C10H21NO/c1-3-11(4-2)8-7-10(12)9-5-6-9/h9-10,12H,3-8H2,1-2H3. The average molecular weight is 171 g/mol. The molecule has 2 nitrogen and oxygen atoms in total. The minimum Gasteiger partial charge on any atom is -0.393 e. The molecule has 0 spiro atoms. The molecule has 0 heterocycles. The third kappa shape index (κ3) is 3.11. The van der Waals surface area contributed by atoms with Crippen molar-refractivity contribution in [1.29, 1.82) is 0 Å². The van der Waals surface area contributed by atoms with Crippen molar-refractivity contribution in [2.24, 2.45) is 5.92 Å². The topological polar surface area (TPSA) is 23.5 Å². The van der Waals surface area contributed by atoms with E-state index >= 15 is 0 Å². The largest absolute Gasteiger partial charge is 0.393 e. The zero-order chi connectivity index (χ0) is 8.97. The summed E-state index contributed by atoms with van der Waals surface area (Å²) < 4.78 is 0. The predicted molar refractivity (Wildman–Crippen MR) is 51.1 cm³/mol. The molecule has 1 N–H and O–H groups in total. The van der Waals surface area contributed by atoms with Gasteiger partial charge in [-0.2, -0.15) is 0 Å². The van der Waals surface area contributed by atoms with Gasteiger partial charge in [0.15, 0.2) is 0 Å². The molecule has 0 aromatic carbocycles. The maximum Gasteiger partial charge on any atom is 0.0580 e. The molecule has 1 fully saturated rings. The Morgan fingerprint density at radius 2 is 1.92 bits per heavy atom. The second-order valence-corrected chi connectivity index (χ2v) is 3.72. The van der Waals surface area contributed by atoms with Gasteiger partial charge in [-0.1, -0.05) is 13.8 Å². The van der Waals surface area contributed by atoms with Crippen LogP contribution >= 0.6 is 0 Å². The second-order valence-electron chi connectivity index (χ2n) is 3.72. The molecule has 1 aliphatic rings. The number of hydrogen-bond acceptors (Lipinski definition) is 2. The van der Waals surface area contributed by atoms with Crippen molar-refractivity contribution in [1.82, 2.24) is 4.90 Å². The number of aliphatic hydroxyl groups is 1. The normalized spacial score (nSPS) is 20.0. The lowest BCUT2D eigenvalue weighted by atomic mass is 10.1. The van der Waals surface area contributed by atoms with Crippen LogP contribution in [0.5, 0.6) is 0 Å². The molecule has 1 atom stereocenters. The van der Waals surface area contributed by atoms with E-state index in [0.717, 1.165) is 26.1 Å². The van der Waals surface area contributed by atoms with E-state index in [1.165, 1.54) is 12.8 Å². The lowest BCUT2D eigenvalue weighted by Crippen LogP contribution is -2.27. The highest BCUT2D eigenvalue weighted by molar-refractivity contribution is 4.81. The summed E-state index contributed by atoms with van der Waals surface area (Å²) >= 11 is 0. The fourth-order valence-corrected chi connectivity index (χ4v) is 1.57. The molecule has 1 rings (SSSR count). The molecule has 0 aromatic heterocycles. The SMILES string of the molecule is CCN(CC)CCC(O)C1CC1. The van der Waals surface area contributed by atoms with E-state index in [0.29, 0.717) is 5.92 Å². The van der Waals surface area contributed by atoms with Crippen molar-refractivity contribution < 1.29 is 5.11 Å². The Morgan fingerprint density at radius 1 is 1.33 bits per heavy atom. The van der Waals surface area contributed by atoms with Crippen LogP contribution in [-0.4, -0.2) is 35.7 Å². The first-order valence-electron chi connectivity index (χ1n) is 5.18. The van der Waals surface area contributed by atoms with Gasteiger partial charge in [-0.15, -0.1) is 0 Å². The van der Waals surface area contributed by atoms with E-state index in [2.05, 4.69) is 18.7 Å². The quantitative estimate of drug-likeness (QED) is 0.654. The molecule has 1 saturated carbocycles. The highest BCUT2D eigenvalue weighted by Crippen LogP contribution is 2.33. The third-order valence-corrected chi connectivity index (χ3v) is 2.80. The first-order valence-corrected chi connectivity index (χ1v) is 5.18. The van der Waals surface area contributed by atoms with E-state index in [1.807, 2.05) is 0 Å². The Morgan fingerprint density at radius 3 is 2.33 bits per heavy atom. The fourth-order valence-electron chi connectivity index (χ4n) is 1.57. The lowest BCUT2D eigenvalue weighted by molar-refractivity contribution is 0.123. The first kappa shape index (κ1) is 10.0. The number of hydrogen-bond donors (Lipinski definition) is 1. The summed E-state index contributed by atoms with van der Waals surface area (Å²) in [6.45, 7) is 7.62. The molecule has 0 aromatic rings. The fraction of sp³-hybridized carbons (Fsp3) is 1.00. The first-order chi connectivity index (χ1) is 5.77. The van der Waals surface area contributed by atoms with Gasteiger partial charge in [0, 0.05) is 6.54 Å². The van der Waals surface area contributed by atoms with Crippen LogP contribution in [0.2, 0.25) is 0 Å². The maximum atomic E-state index is 9.60. The van der Waals surface area contributed by atoms with E-state index < -0.39 is 0 Å². The van der Waals surface area contributed by atoms with Crippen LogP contribution in [-0.2, 0) is 0 Å². The summed E-state index contributed by atoms with van der Waals surface area (Å²) in [5, 5.41) is 9.60. The summed E-state index contributed by atoms with van der Waals surface area (Å²) in [6, 6.07) is 0. The van der Waals surface area contributed by atoms with Crippen LogP contribution in [0.4, 0.5) is 0 Å². The summed E-state index contributed by atoms with van der Waals surface area (Å²) in [5.74, 6) is 0.639. The van der Waals surface area contributed by atoms with Gasteiger partial charge in [-0.05, 0) is 38.3 Å². The van der Waals surface area contributed by atoms with Gasteiger partial charge < -0.3 is 10.0 Å². The lowest BCUT2D eigenvalue weighted by Gasteiger charge is -2.19. The van der Waals surface area contributed by atoms with Crippen molar-refractivity contribution in [3.8, 4) is 0 Å². The van der Waals surface area contributed by atoms with E-state index in [1.54, 1.807) is 0 Å². The highest BCUT2D eigenvalue weighted by atomic mass is 16.3. The molecule has 0 radical (unpaired) electrons. The Labute approximate surface area is 75.6 Å². The monoisotopic (exact) mass is 171 g/mol. The van der Waals surface area contributed by atoms with Gasteiger partial charge in [-0.25, -0.2) is 0 Å². The summed E-state index contributed by atoms with van der Waals surface area (Å²) in [6.07, 6.45) is 3.44. The van der Waals surface area contributed by atoms with Crippen molar-refractivity contribution in [2.75, 3.05) is 19.6 Å². The van der Waals surface area contributed by atoms with Gasteiger partial charge in [-0.3, -0.25) is 0 Å². The average Bonchev–Trinajstić information content (AvgIpc) is 2.88. The van der Waals surface area contributed by atoms with Crippen LogP contribution < -0.4 is 0 Å². The van der Waals surface area contributed by atoms with E-state index in [-0.39, 0.29) is 6.10 Å². The molecule has 0 aliphatic heterocycles. The number of nitrogens with zero attached hydrogens (tertiary/aromatic N) is 1. The zero-order valence-electron chi connectivity index (χ0n) is 8.29. The number of rotatable bonds is 6. The molecular formula is C10H21NO. The van der Waals surface area contributed by atoms with Crippen molar-refractivity contribution >= 4 is 0 Å².